The fourth-order valence-corrected chi connectivity index (χ4v) is 0.907. The molecule has 0 saturated carbocycles. The molecule has 15 heavy (non-hydrogen) atoms. The van der Waals surface area contributed by atoms with E-state index in [4.69, 9.17) is 0 Å². The van der Waals surface area contributed by atoms with E-state index in [2.05, 4.69) is 14.7 Å². The smallest absolute Gasteiger partial charge is 0.337 e. The molecule has 4 nitrogen and oxygen atoms in total. The maximum Gasteiger partial charge on any atom is 0.337 e. The van der Waals surface area contributed by atoms with E-state index in [0.29, 0.717) is 5.56 Å². The van der Waals surface area contributed by atoms with E-state index < -0.39 is 0 Å². The fraction of sp³-hybridized carbons (Fsp3) is 0.0909. The first-order valence-electron chi connectivity index (χ1n) is 4.40. The topological polar surface area (TPSA) is 55.0 Å². The first-order chi connectivity index (χ1) is 7.34. The molecule has 0 radical (unpaired) electrons. The first-order valence-corrected chi connectivity index (χ1v) is 4.40. The number of hydrogen-bond donors (Lipinski definition) is 1. The molecular formula is C11H12N2O2. The summed E-state index contributed by atoms with van der Waals surface area (Å²) in [6, 6.07) is 8.88. The molecule has 0 spiro atoms. The molecule has 0 amide bonds. The Morgan fingerprint density at radius 1 is 1.33 bits per heavy atom. The Balaban J connectivity index is 0.000000187. The Bertz CT molecular complexity index is 354. The van der Waals surface area contributed by atoms with Gasteiger partial charge in [0.2, 0.25) is 0 Å². The number of aromatic nitrogens is 2. The zero-order valence-corrected chi connectivity index (χ0v) is 8.38. The average molecular weight is 204 g/mol. The van der Waals surface area contributed by atoms with Crippen LogP contribution in [0.5, 0.6) is 0 Å². The highest BCUT2D eigenvalue weighted by Crippen LogP contribution is 1.98. The van der Waals surface area contributed by atoms with Gasteiger partial charge in [-0.15, -0.1) is 0 Å². The predicted octanol–water partition coefficient (Wildman–Crippen LogP) is 1.88. The van der Waals surface area contributed by atoms with Crippen LogP contribution >= 0.6 is 0 Å². The molecule has 1 aromatic carbocycles. The Morgan fingerprint density at radius 3 is 2.47 bits per heavy atom. The van der Waals surface area contributed by atoms with Crippen molar-refractivity contribution in [2.75, 3.05) is 7.11 Å². The van der Waals surface area contributed by atoms with Gasteiger partial charge in [0.15, 0.2) is 0 Å². The average Bonchev–Trinajstić information content (AvgIpc) is 2.88. The fourth-order valence-electron chi connectivity index (χ4n) is 0.907. The first kappa shape index (κ1) is 11.0. The summed E-state index contributed by atoms with van der Waals surface area (Å²) >= 11 is 0. The third-order valence-electron chi connectivity index (χ3n) is 1.60. The molecule has 0 bridgehead atoms. The van der Waals surface area contributed by atoms with Crippen LogP contribution in [0, 0.1) is 0 Å². The predicted molar refractivity (Wildman–Crippen MR) is 56.4 cm³/mol. The number of ether oxygens (including phenoxy) is 1. The van der Waals surface area contributed by atoms with Gasteiger partial charge in [0.05, 0.1) is 19.0 Å². The van der Waals surface area contributed by atoms with Crippen molar-refractivity contribution in [3.8, 4) is 0 Å². The number of hydrogen-bond acceptors (Lipinski definition) is 3. The molecule has 4 heteroatoms. The lowest BCUT2D eigenvalue weighted by Crippen LogP contribution is -1.99. The summed E-state index contributed by atoms with van der Waals surface area (Å²) < 4.78 is 4.50. The summed E-state index contributed by atoms with van der Waals surface area (Å²) in [6.45, 7) is 0. The number of carbonyl (C=O) groups is 1. The summed E-state index contributed by atoms with van der Waals surface area (Å²) in [5.41, 5.74) is 0.588. The number of nitrogens with zero attached hydrogens (tertiary/aromatic N) is 1. The number of aromatic amines is 1. The second-order valence-electron chi connectivity index (χ2n) is 2.62. The molecule has 0 unspecified atom stereocenters. The standard InChI is InChI=1S/C8H8O2.C3H4N2/c1-10-8(9)7-5-3-2-4-6-7;1-2-5-3-4-1/h2-6H,1H3;1-3H,(H,4,5). The van der Waals surface area contributed by atoms with Crippen LogP contribution in [0.3, 0.4) is 0 Å². The van der Waals surface area contributed by atoms with Crippen molar-refractivity contribution in [2.24, 2.45) is 0 Å². The van der Waals surface area contributed by atoms with Crippen LogP contribution in [0.1, 0.15) is 10.4 Å². The number of benzene rings is 1. The number of methoxy groups -OCH3 is 1. The lowest BCUT2D eigenvalue weighted by molar-refractivity contribution is 0.0601. The lowest BCUT2D eigenvalue weighted by atomic mass is 10.2. The molecule has 1 heterocycles. The normalized spacial score (nSPS) is 8.60. The van der Waals surface area contributed by atoms with Gasteiger partial charge in [-0.2, -0.15) is 0 Å². The second kappa shape index (κ2) is 6.37. The van der Waals surface area contributed by atoms with Crippen molar-refractivity contribution >= 4 is 5.97 Å². The van der Waals surface area contributed by atoms with Crippen LogP contribution in [0.4, 0.5) is 0 Å². The number of H-pyrrole nitrogens is 1. The Hall–Kier alpha value is -2.10. The lowest BCUT2D eigenvalue weighted by Gasteiger charge is -1.95. The van der Waals surface area contributed by atoms with Crippen molar-refractivity contribution in [2.45, 2.75) is 0 Å². The minimum absolute atomic E-state index is 0.291. The van der Waals surface area contributed by atoms with E-state index in [9.17, 15) is 4.79 Å². The van der Waals surface area contributed by atoms with Gasteiger partial charge in [-0.05, 0) is 12.1 Å². The minimum Gasteiger partial charge on any atom is -0.465 e. The molecular weight excluding hydrogens is 192 g/mol. The van der Waals surface area contributed by atoms with Crippen LogP contribution in [-0.2, 0) is 4.74 Å². The van der Waals surface area contributed by atoms with E-state index in [0.717, 1.165) is 0 Å². The van der Waals surface area contributed by atoms with Gasteiger partial charge < -0.3 is 9.72 Å². The van der Waals surface area contributed by atoms with Gasteiger partial charge >= 0.3 is 5.97 Å². The van der Waals surface area contributed by atoms with Crippen molar-refractivity contribution in [1.82, 2.24) is 9.97 Å². The molecule has 1 N–H and O–H groups in total. The highest BCUT2D eigenvalue weighted by atomic mass is 16.5. The molecule has 0 aliphatic rings. The molecule has 2 rings (SSSR count). The van der Waals surface area contributed by atoms with Gasteiger partial charge in [0.25, 0.3) is 0 Å². The van der Waals surface area contributed by atoms with Crippen molar-refractivity contribution in [3.63, 3.8) is 0 Å². The number of rotatable bonds is 1. The van der Waals surface area contributed by atoms with Gasteiger partial charge in [0.1, 0.15) is 0 Å². The molecule has 1 aromatic heterocycles. The highest BCUT2D eigenvalue weighted by molar-refractivity contribution is 5.89. The minimum atomic E-state index is -0.291. The Kier molecular flexibility index (Phi) is 4.66. The van der Waals surface area contributed by atoms with Gasteiger partial charge in [-0.3, -0.25) is 0 Å². The third kappa shape index (κ3) is 4.08. The van der Waals surface area contributed by atoms with Crippen LogP contribution < -0.4 is 0 Å². The monoisotopic (exact) mass is 204 g/mol. The summed E-state index contributed by atoms with van der Waals surface area (Å²) in [4.78, 5) is 17.2. The molecule has 0 saturated heterocycles. The zero-order chi connectivity index (χ0) is 10.9. The highest BCUT2D eigenvalue weighted by Gasteiger charge is 2.00. The summed E-state index contributed by atoms with van der Waals surface area (Å²) in [6.07, 6.45) is 5.08. The van der Waals surface area contributed by atoms with Crippen LogP contribution in [-0.4, -0.2) is 23.0 Å². The molecule has 0 atom stereocenters. The molecule has 0 aliphatic heterocycles. The van der Waals surface area contributed by atoms with E-state index >= 15 is 0 Å². The van der Waals surface area contributed by atoms with Crippen LogP contribution in [0.25, 0.3) is 0 Å². The van der Waals surface area contributed by atoms with Gasteiger partial charge in [-0.25, -0.2) is 9.78 Å². The summed E-state index contributed by atoms with van der Waals surface area (Å²) in [5.74, 6) is -0.291. The maximum atomic E-state index is 10.8. The maximum absolute atomic E-state index is 10.8. The van der Waals surface area contributed by atoms with E-state index in [1.54, 1.807) is 43.0 Å². The molecule has 78 valence electrons. The van der Waals surface area contributed by atoms with Crippen molar-refractivity contribution in [3.05, 3.63) is 54.6 Å². The summed E-state index contributed by atoms with van der Waals surface area (Å²) in [5, 5.41) is 0. The third-order valence-corrected chi connectivity index (χ3v) is 1.60. The SMILES string of the molecule is COC(=O)c1ccccc1.c1c[nH]cn1. The van der Waals surface area contributed by atoms with E-state index in [1.165, 1.54) is 7.11 Å². The van der Waals surface area contributed by atoms with Crippen LogP contribution in [0.2, 0.25) is 0 Å². The number of imidazole rings is 1. The van der Waals surface area contributed by atoms with Crippen molar-refractivity contribution in [1.29, 1.82) is 0 Å². The van der Waals surface area contributed by atoms with E-state index in [-0.39, 0.29) is 5.97 Å². The van der Waals surface area contributed by atoms with E-state index in [1.807, 2.05) is 6.07 Å². The Labute approximate surface area is 87.9 Å². The number of carbonyl (C=O) groups excluding carboxylic acids is 1. The number of nitrogens with one attached hydrogen (secondary N) is 1. The van der Waals surface area contributed by atoms with Gasteiger partial charge in [0, 0.05) is 12.4 Å². The Morgan fingerprint density at radius 2 is 2.07 bits per heavy atom. The molecule has 0 fully saturated rings. The van der Waals surface area contributed by atoms with Gasteiger partial charge in [-0.1, -0.05) is 18.2 Å². The summed E-state index contributed by atoms with van der Waals surface area (Å²) in [7, 11) is 1.37. The van der Waals surface area contributed by atoms with Crippen LogP contribution in [0.15, 0.2) is 49.1 Å². The van der Waals surface area contributed by atoms with Crippen molar-refractivity contribution < 1.29 is 9.53 Å². The molecule has 0 aliphatic carbocycles. The quantitative estimate of drug-likeness (QED) is 0.721. The largest absolute Gasteiger partial charge is 0.465 e. The number of esters is 1. The second-order valence-corrected chi connectivity index (χ2v) is 2.62. The zero-order valence-electron chi connectivity index (χ0n) is 8.38. The molecule has 2 aromatic rings.